The normalized spacial score (nSPS) is 12.0. The highest BCUT2D eigenvalue weighted by Crippen LogP contribution is 2.23. The molecule has 3 aromatic rings. The van der Waals surface area contributed by atoms with Crippen LogP contribution in [0.15, 0.2) is 52.2 Å². The molecule has 0 atom stereocenters. The van der Waals surface area contributed by atoms with Crippen molar-refractivity contribution in [2.75, 3.05) is 6.54 Å². The first-order valence-electron chi connectivity index (χ1n) is 9.38. The highest BCUT2D eigenvalue weighted by atomic mass is 32.2. The number of fused-ring (bicyclic) bond motifs is 1. The lowest BCUT2D eigenvalue weighted by Crippen LogP contribution is -2.33. The van der Waals surface area contributed by atoms with Crippen molar-refractivity contribution in [3.8, 4) is 0 Å². The first-order valence-corrected chi connectivity index (χ1v) is 10.8. The van der Waals surface area contributed by atoms with Crippen LogP contribution in [0.4, 0.5) is 0 Å². The maximum atomic E-state index is 13.3. The molecule has 2 aromatic carbocycles. The zero-order valence-corrected chi connectivity index (χ0v) is 17.2. The van der Waals surface area contributed by atoms with Crippen molar-refractivity contribution in [3.63, 3.8) is 0 Å². The summed E-state index contributed by atoms with van der Waals surface area (Å²) in [6, 6.07) is 12.3. The van der Waals surface area contributed by atoms with E-state index in [0.29, 0.717) is 28.8 Å². The van der Waals surface area contributed by atoms with E-state index in [1.54, 1.807) is 43.3 Å². The highest BCUT2D eigenvalue weighted by molar-refractivity contribution is 7.89. The van der Waals surface area contributed by atoms with Gasteiger partial charge in [0, 0.05) is 6.54 Å². The number of aromatic nitrogens is 2. The minimum atomic E-state index is -3.71. The van der Waals surface area contributed by atoms with Gasteiger partial charge in [0.15, 0.2) is 0 Å². The summed E-state index contributed by atoms with van der Waals surface area (Å²) in [4.78, 5) is 19.8. The summed E-state index contributed by atoms with van der Waals surface area (Å²) in [5.74, 6) is 0.341. The third kappa shape index (κ3) is 4.15. The number of para-hydroxylation sites is 1. The molecule has 6 nitrogen and oxygen atoms in total. The Labute approximate surface area is 165 Å². The molecule has 1 N–H and O–H groups in total. The summed E-state index contributed by atoms with van der Waals surface area (Å²) < 4.78 is 28.1. The molecule has 1 heterocycles. The number of hydrogen-bond donors (Lipinski definition) is 1. The predicted molar refractivity (Wildman–Crippen MR) is 111 cm³/mol. The predicted octanol–water partition coefficient (Wildman–Crippen LogP) is 3.53. The molecule has 148 valence electrons. The number of aryl methyl sites for hydroxylation is 2. The fraction of sp³-hybridized carbons (Fsp3) is 0.333. The molecule has 0 unspecified atom stereocenters. The number of benzene rings is 2. The van der Waals surface area contributed by atoms with Gasteiger partial charge in [0.2, 0.25) is 10.0 Å². The Morgan fingerprint density at radius 2 is 1.86 bits per heavy atom. The second kappa shape index (κ2) is 8.24. The zero-order chi connectivity index (χ0) is 20.3. The van der Waals surface area contributed by atoms with Crippen LogP contribution >= 0.6 is 0 Å². The highest BCUT2D eigenvalue weighted by Gasteiger charge is 2.26. The molecular formula is C21H25N3O3S. The molecule has 0 saturated heterocycles. The fourth-order valence-electron chi connectivity index (χ4n) is 3.22. The number of aromatic amines is 1. The molecule has 7 heteroatoms. The Morgan fingerprint density at radius 1 is 1.11 bits per heavy atom. The Hall–Kier alpha value is -2.51. The number of unbranched alkanes of at least 4 members (excludes halogenated alkanes) is 1. The van der Waals surface area contributed by atoms with Crippen molar-refractivity contribution in [1.29, 1.82) is 0 Å². The van der Waals surface area contributed by atoms with Gasteiger partial charge >= 0.3 is 0 Å². The largest absolute Gasteiger partial charge is 0.309 e. The van der Waals surface area contributed by atoms with E-state index in [-0.39, 0.29) is 17.0 Å². The Balaban J connectivity index is 2.02. The quantitative estimate of drug-likeness (QED) is 0.659. The monoisotopic (exact) mass is 399 g/mol. The van der Waals surface area contributed by atoms with Crippen molar-refractivity contribution in [3.05, 3.63) is 69.8 Å². The first-order chi connectivity index (χ1) is 13.3. The van der Waals surface area contributed by atoms with Crippen molar-refractivity contribution < 1.29 is 8.42 Å². The molecule has 0 bridgehead atoms. The first kappa shape index (κ1) is 20.2. The Kier molecular flexibility index (Phi) is 5.96. The Bertz CT molecular complexity index is 1150. The topological polar surface area (TPSA) is 83.1 Å². The van der Waals surface area contributed by atoms with E-state index in [0.717, 1.165) is 18.4 Å². The van der Waals surface area contributed by atoms with E-state index in [9.17, 15) is 13.2 Å². The van der Waals surface area contributed by atoms with E-state index < -0.39 is 10.0 Å². The zero-order valence-electron chi connectivity index (χ0n) is 16.4. The number of hydrogen-bond acceptors (Lipinski definition) is 4. The van der Waals surface area contributed by atoms with Gasteiger partial charge in [-0.1, -0.05) is 43.2 Å². The number of rotatable bonds is 7. The van der Waals surface area contributed by atoms with Crippen LogP contribution in [0.3, 0.4) is 0 Å². The maximum absolute atomic E-state index is 13.3. The van der Waals surface area contributed by atoms with E-state index in [2.05, 4.69) is 9.97 Å². The second-order valence-electron chi connectivity index (χ2n) is 6.99. The van der Waals surface area contributed by atoms with Gasteiger partial charge < -0.3 is 4.98 Å². The van der Waals surface area contributed by atoms with Crippen molar-refractivity contribution in [1.82, 2.24) is 14.3 Å². The molecule has 0 radical (unpaired) electrons. The lowest BCUT2D eigenvalue weighted by atomic mass is 10.2. The van der Waals surface area contributed by atoms with Gasteiger partial charge in [-0.05, 0) is 44.0 Å². The minimum Gasteiger partial charge on any atom is -0.309 e. The molecule has 1 aromatic heterocycles. The van der Waals surface area contributed by atoms with E-state index in [1.165, 1.54) is 4.31 Å². The molecule has 0 saturated carbocycles. The van der Waals surface area contributed by atoms with Gasteiger partial charge in [-0.3, -0.25) is 4.79 Å². The van der Waals surface area contributed by atoms with Crippen LogP contribution in [-0.4, -0.2) is 29.2 Å². The summed E-state index contributed by atoms with van der Waals surface area (Å²) in [5, 5.41) is 0.489. The van der Waals surface area contributed by atoms with Crippen LogP contribution in [0.1, 0.15) is 36.7 Å². The standard InChI is InChI=1S/C21H25N3O3S/c1-4-5-12-24(28(26,27)19-11-10-15(2)13-16(19)3)14-20-22-18-9-7-6-8-17(18)21(25)23-20/h6-11,13H,4-5,12,14H2,1-3H3,(H,22,23,25). The second-order valence-corrected chi connectivity index (χ2v) is 8.90. The van der Waals surface area contributed by atoms with Gasteiger partial charge in [0.25, 0.3) is 5.56 Å². The van der Waals surface area contributed by atoms with Gasteiger partial charge in [-0.15, -0.1) is 0 Å². The molecule has 28 heavy (non-hydrogen) atoms. The maximum Gasteiger partial charge on any atom is 0.258 e. The van der Waals surface area contributed by atoms with Crippen LogP contribution < -0.4 is 5.56 Å². The molecule has 0 aliphatic carbocycles. The summed E-state index contributed by atoms with van der Waals surface area (Å²) in [6.07, 6.45) is 1.59. The van der Waals surface area contributed by atoms with Gasteiger partial charge in [0.1, 0.15) is 5.82 Å². The van der Waals surface area contributed by atoms with E-state index in [1.807, 2.05) is 19.9 Å². The molecule has 0 spiro atoms. The van der Waals surface area contributed by atoms with Crippen LogP contribution in [0.5, 0.6) is 0 Å². The summed E-state index contributed by atoms with van der Waals surface area (Å²) >= 11 is 0. The molecule has 0 amide bonds. The van der Waals surface area contributed by atoms with Crippen molar-refractivity contribution in [2.24, 2.45) is 0 Å². The lowest BCUT2D eigenvalue weighted by Gasteiger charge is -2.23. The third-order valence-electron chi connectivity index (χ3n) is 4.70. The number of H-pyrrole nitrogens is 1. The van der Waals surface area contributed by atoms with Crippen molar-refractivity contribution in [2.45, 2.75) is 45.1 Å². The fourth-order valence-corrected chi connectivity index (χ4v) is 4.87. The smallest absolute Gasteiger partial charge is 0.258 e. The molecule has 0 aliphatic rings. The molecule has 3 rings (SSSR count). The summed E-state index contributed by atoms with van der Waals surface area (Å²) in [7, 11) is -3.71. The van der Waals surface area contributed by atoms with Crippen LogP contribution in [0.25, 0.3) is 10.9 Å². The van der Waals surface area contributed by atoms with E-state index in [4.69, 9.17) is 0 Å². The SMILES string of the molecule is CCCCN(Cc1nc2ccccc2c(=O)[nH]1)S(=O)(=O)c1ccc(C)cc1C. The molecular weight excluding hydrogens is 374 g/mol. The number of sulfonamides is 1. The number of nitrogens with one attached hydrogen (secondary N) is 1. The van der Waals surface area contributed by atoms with Gasteiger partial charge in [0.05, 0.1) is 22.3 Å². The molecule has 0 fully saturated rings. The third-order valence-corrected chi connectivity index (χ3v) is 6.70. The van der Waals surface area contributed by atoms with E-state index >= 15 is 0 Å². The lowest BCUT2D eigenvalue weighted by molar-refractivity contribution is 0.389. The van der Waals surface area contributed by atoms with Gasteiger partial charge in [-0.25, -0.2) is 13.4 Å². The Morgan fingerprint density at radius 3 is 2.57 bits per heavy atom. The average molecular weight is 400 g/mol. The minimum absolute atomic E-state index is 0.0235. The summed E-state index contributed by atoms with van der Waals surface area (Å²) in [6.45, 7) is 6.13. The van der Waals surface area contributed by atoms with Crippen LogP contribution in [0.2, 0.25) is 0 Å². The van der Waals surface area contributed by atoms with Crippen LogP contribution in [0, 0.1) is 13.8 Å². The average Bonchev–Trinajstić information content (AvgIpc) is 2.64. The van der Waals surface area contributed by atoms with Crippen molar-refractivity contribution >= 4 is 20.9 Å². The van der Waals surface area contributed by atoms with Crippen LogP contribution in [-0.2, 0) is 16.6 Å². The molecule has 0 aliphatic heterocycles. The van der Waals surface area contributed by atoms with Gasteiger partial charge in [-0.2, -0.15) is 4.31 Å². The number of nitrogens with zero attached hydrogens (tertiary/aromatic N) is 2. The summed E-state index contributed by atoms with van der Waals surface area (Å²) in [5.41, 5.74) is 2.01.